The highest BCUT2D eigenvalue weighted by atomic mass is 16.5. The number of carbonyl (C=O) groups is 2. The minimum Gasteiger partial charge on any atom is -0.496 e. The van der Waals surface area contributed by atoms with Crippen LogP contribution in [0.5, 0.6) is 11.5 Å². The highest BCUT2D eigenvalue weighted by Crippen LogP contribution is 2.27. The zero-order valence-corrected chi connectivity index (χ0v) is 19.7. The second-order valence-corrected chi connectivity index (χ2v) is 7.77. The molecule has 0 aromatic heterocycles. The first-order valence-electron chi connectivity index (χ1n) is 10.8. The standard InChI is InChI=1S/C27H29NO5/c1-6-32-27(30)20-7-10-23(11-8-20)28-26(29)21-9-12-24(31-5)22(15-21)16-33-25-14-17(2)13-18(3)19(25)4/h7-15H,6,16H2,1-5H3,(H,28,29). The SMILES string of the molecule is CCOC(=O)c1ccc(NC(=O)c2ccc(OC)c(COc3cc(C)cc(C)c3C)c2)cc1. The van der Waals surface area contributed by atoms with E-state index in [4.69, 9.17) is 14.2 Å². The molecule has 0 heterocycles. The summed E-state index contributed by atoms with van der Waals surface area (Å²) in [6.07, 6.45) is 0. The summed E-state index contributed by atoms with van der Waals surface area (Å²) in [5.74, 6) is 0.790. The fourth-order valence-electron chi connectivity index (χ4n) is 3.45. The van der Waals surface area contributed by atoms with Crippen molar-refractivity contribution in [3.63, 3.8) is 0 Å². The second-order valence-electron chi connectivity index (χ2n) is 7.77. The Morgan fingerprint density at radius 2 is 1.58 bits per heavy atom. The van der Waals surface area contributed by atoms with Crippen molar-refractivity contribution in [1.29, 1.82) is 0 Å². The van der Waals surface area contributed by atoms with Crippen LogP contribution in [0, 0.1) is 20.8 Å². The van der Waals surface area contributed by atoms with Crippen molar-refractivity contribution in [2.75, 3.05) is 19.0 Å². The maximum absolute atomic E-state index is 12.8. The number of esters is 1. The van der Waals surface area contributed by atoms with Crippen molar-refractivity contribution in [3.8, 4) is 11.5 Å². The highest BCUT2D eigenvalue weighted by molar-refractivity contribution is 6.04. The van der Waals surface area contributed by atoms with E-state index in [9.17, 15) is 9.59 Å². The Morgan fingerprint density at radius 1 is 0.879 bits per heavy atom. The van der Waals surface area contributed by atoms with E-state index >= 15 is 0 Å². The molecule has 6 heteroatoms. The van der Waals surface area contributed by atoms with E-state index in [0.717, 1.165) is 22.4 Å². The first-order valence-corrected chi connectivity index (χ1v) is 10.8. The summed E-state index contributed by atoms with van der Waals surface area (Å²) >= 11 is 0. The lowest BCUT2D eigenvalue weighted by Crippen LogP contribution is -2.13. The minimum absolute atomic E-state index is 0.266. The molecule has 0 bridgehead atoms. The molecule has 3 aromatic carbocycles. The summed E-state index contributed by atoms with van der Waals surface area (Å²) in [7, 11) is 1.59. The van der Waals surface area contributed by atoms with Crippen molar-refractivity contribution in [3.05, 3.63) is 88.0 Å². The van der Waals surface area contributed by atoms with Crippen molar-refractivity contribution in [1.82, 2.24) is 0 Å². The lowest BCUT2D eigenvalue weighted by Gasteiger charge is -2.15. The first-order chi connectivity index (χ1) is 15.8. The lowest BCUT2D eigenvalue weighted by molar-refractivity contribution is 0.0526. The number of ether oxygens (including phenoxy) is 3. The van der Waals surface area contributed by atoms with E-state index in [2.05, 4.69) is 18.3 Å². The second kappa shape index (κ2) is 10.7. The number of benzene rings is 3. The molecule has 0 fully saturated rings. The molecule has 0 spiro atoms. The van der Waals surface area contributed by atoms with Gasteiger partial charge in [0, 0.05) is 16.8 Å². The third-order valence-corrected chi connectivity index (χ3v) is 5.34. The summed E-state index contributed by atoms with van der Waals surface area (Å²) < 4.78 is 16.5. The van der Waals surface area contributed by atoms with Crippen LogP contribution in [0.3, 0.4) is 0 Å². The van der Waals surface area contributed by atoms with Gasteiger partial charge in [-0.1, -0.05) is 6.07 Å². The minimum atomic E-state index is -0.394. The van der Waals surface area contributed by atoms with Crippen LogP contribution in [0.4, 0.5) is 5.69 Å². The van der Waals surface area contributed by atoms with Gasteiger partial charge in [-0.25, -0.2) is 4.79 Å². The molecule has 1 amide bonds. The predicted molar refractivity (Wildman–Crippen MR) is 128 cm³/mol. The smallest absolute Gasteiger partial charge is 0.338 e. The maximum atomic E-state index is 12.8. The van der Waals surface area contributed by atoms with E-state index in [-0.39, 0.29) is 12.5 Å². The fraction of sp³-hybridized carbons (Fsp3) is 0.259. The topological polar surface area (TPSA) is 73.9 Å². The summed E-state index contributed by atoms with van der Waals surface area (Å²) in [4.78, 5) is 24.6. The summed E-state index contributed by atoms with van der Waals surface area (Å²) in [6.45, 7) is 8.44. The number of rotatable bonds is 8. The van der Waals surface area contributed by atoms with Gasteiger partial charge in [0.15, 0.2) is 0 Å². The van der Waals surface area contributed by atoms with Gasteiger partial charge in [-0.2, -0.15) is 0 Å². The van der Waals surface area contributed by atoms with Crippen molar-refractivity contribution < 1.29 is 23.8 Å². The van der Waals surface area contributed by atoms with E-state index < -0.39 is 5.97 Å². The van der Waals surface area contributed by atoms with Crippen LogP contribution < -0.4 is 14.8 Å². The molecule has 172 valence electrons. The van der Waals surface area contributed by atoms with Crippen LogP contribution in [0.2, 0.25) is 0 Å². The molecule has 0 aliphatic heterocycles. The lowest BCUT2D eigenvalue weighted by atomic mass is 10.1. The number of methoxy groups -OCH3 is 1. The zero-order valence-electron chi connectivity index (χ0n) is 19.7. The van der Waals surface area contributed by atoms with Crippen LogP contribution in [-0.2, 0) is 11.3 Å². The zero-order chi connectivity index (χ0) is 24.0. The first kappa shape index (κ1) is 23.9. The number of nitrogens with one attached hydrogen (secondary N) is 1. The number of anilines is 1. The molecule has 0 aliphatic carbocycles. The molecule has 0 radical (unpaired) electrons. The Morgan fingerprint density at radius 3 is 2.24 bits per heavy atom. The van der Waals surface area contributed by atoms with Gasteiger partial charge in [0.25, 0.3) is 5.91 Å². The number of hydrogen-bond acceptors (Lipinski definition) is 5. The highest BCUT2D eigenvalue weighted by Gasteiger charge is 2.13. The van der Waals surface area contributed by atoms with Gasteiger partial charge >= 0.3 is 5.97 Å². The third kappa shape index (κ3) is 5.92. The Labute approximate surface area is 194 Å². The van der Waals surface area contributed by atoms with Crippen molar-refractivity contribution >= 4 is 17.6 Å². The van der Waals surface area contributed by atoms with E-state index in [0.29, 0.717) is 29.2 Å². The molecule has 0 atom stereocenters. The van der Waals surface area contributed by atoms with Gasteiger partial charge in [-0.3, -0.25) is 4.79 Å². The fourth-order valence-corrected chi connectivity index (χ4v) is 3.45. The molecule has 0 aliphatic rings. The third-order valence-electron chi connectivity index (χ3n) is 5.34. The molecule has 0 saturated carbocycles. The van der Waals surface area contributed by atoms with E-state index in [1.807, 2.05) is 19.9 Å². The van der Waals surface area contributed by atoms with Crippen LogP contribution in [0.15, 0.2) is 54.6 Å². The average Bonchev–Trinajstić information content (AvgIpc) is 2.80. The molecular formula is C27H29NO5. The average molecular weight is 448 g/mol. The quantitative estimate of drug-likeness (QED) is 0.453. The number of aryl methyl sites for hydroxylation is 2. The van der Waals surface area contributed by atoms with E-state index in [1.54, 1.807) is 56.5 Å². The van der Waals surface area contributed by atoms with Gasteiger partial charge < -0.3 is 19.5 Å². The predicted octanol–water partition coefficient (Wildman–Crippen LogP) is 5.63. The monoisotopic (exact) mass is 447 g/mol. The summed E-state index contributed by atoms with van der Waals surface area (Å²) in [5.41, 5.74) is 5.62. The molecular weight excluding hydrogens is 418 g/mol. The van der Waals surface area contributed by atoms with Crippen LogP contribution in [0.25, 0.3) is 0 Å². The largest absolute Gasteiger partial charge is 0.496 e. The molecule has 3 rings (SSSR count). The summed E-state index contributed by atoms with van der Waals surface area (Å²) in [5, 5.41) is 2.85. The van der Waals surface area contributed by atoms with E-state index in [1.165, 1.54) is 5.56 Å². The Balaban J connectivity index is 1.74. The normalized spacial score (nSPS) is 10.5. The molecule has 33 heavy (non-hydrogen) atoms. The van der Waals surface area contributed by atoms with Gasteiger partial charge in [-0.15, -0.1) is 0 Å². The van der Waals surface area contributed by atoms with Gasteiger partial charge in [-0.05, 0) is 92.9 Å². The Hall–Kier alpha value is -3.80. The van der Waals surface area contributed by atoms with Crippen molar-refractivity contribution in [2.45, 2.75) is 34.3 Å². The Kier molecular flexibility index (Phi) is 7.72. The van der Waals surface area contributed by atoms with Gasteiger partial charge in [0.2, 0.25) is 0 Å². The number of hydrogen-bond donors (Lipinski definition) is 1. The Bertz CT molecular complexity index is 1150. The number of carbonyl (C=O) groups excluding carboxylic acids is 2. The van der Waals surface area contributed by atoms with Crippen LogP contribution >= 0.6 is 0 Å². The maximum Gasteiger partial charge on any atom is 0.338 e. The van der Waals surface area contributed by atoms with Gasteiger partial charge in [0.05, 0.1) is 19.3 Å². The molecule has 6 nitrogen and oxygen atoms in total. The number of amides is 1. The molecule has 1 N–H and O–H groups in total. The van der Waals surface area contributed by atoms with Crippen LogP contribution in [0.1, 0.15) is 49.9 Å². The molecule has 0 unspecified atom stereocenters. The molecule has 3 aromatic rings. The van der Waals surface area contributed by atoms with Gasteiger partial charge in [0.1, 0.15) is 18.1 Å². The van der Waals surface area contributed by atoms with Crippen LogP contribution in [-0.4, -0.2) is 25.6 Å². The molecule has 0 saturated heterocycles. The summed E-state index contributed by atoms with van der Waals surface area (Å²) in [6, 6.07) is 15.9. The van der Waals surface area contributed by atoms with Crippen molar-refractivity contribution in [2.24, 2.45) is 0 Å².